The molecule has 0 aromatic rings. The standard InChI is InChI=1S/C10H25N3O7P2.2Na/c1-2-4-11-5-3-6-12-10(14)7-13(8-21(15,16)17)9-22(18,19)20;;/h11H,2-9H2,1H3,(H,12,14)(H2,15,16,17)(H2,18,19,20);;/q;2*+1/p-2. The van der Waals surface area contributed by atoms with Crippen molar-refractivity contribution in [3.05, 3.63) is 0 Å². The molecule has 0 heterocycles. The van der Waals surface area contributed by atoms with Crippen molar-refractivity contribution in [2.24, 2.45) is 0 Å². The molecule has 0 radical (unpaired) electrons. The third kappa shape index (κ3) is 21.7. The first kappa shape index (κ1) is 30.4. The minimum absolute atomic E-state index is 0. The Balaban J connectivity index is -0.00000220. The molecule has 1 amide bonds. The van der Waals surface area contributed by atoms with Crippen molar-refractivity contribution in [1.82, 2.24) is 15.5 Å². The maximum atomic E-state index is 11.6. The zero-order valence-electron chi connectivity index (χ0n) is 14.4. The Hall–Kier alpha value is 1.69. The molecule has 0 aliphatic carbocycles. The molecular formula is C10H23N3Na2O7P2. The molecule has 0 bridgehead atoms. The Labute approximate surface area is 186 Å². The number of nitrogens with zero attached hydrogens (tertiary/aromatic N) is 1. The molecule has 24 heavy (non-hydrogen) atoms. The second-order valence-corrected chi connectivity index (χ2v) is 7.96. The Morgan fingerprint density at radius 2 is 1.54 bits per heavy atom. The van der Waals surface area contributed by atoms with Crippen LogP contribution in [0.2, 0.25) is 0 Å². The summed E-state index contributed by atoms with van der Waals surface area (Å²) in [6, 6.07) is 0. The fraction of sp³-hybridized carbons (Fsp3) is 0.900. The van der Waals surface area contributed by atoms with E-state index in [-0.39, 0.29) is 59.1 Å². The number of hydrogen-bond acceptors (Lipinski definition) is 7. The summed E-state index contributed by atoms with van der Waals surface area (Å²) in [5, 5.41) is 5.62. The van der Waals surface area contributed by atoms with E-state index in [1.54, 1.807) is 0 Å². The molecule has 0 aliphatic heterocycles. The minimum Gasteiger partial charge on any atom is -0.778 e. The summed E-state index contributed by atoms with van der Waals surface area (Å²) in [5.74, 6) is -0.600. The quantitative estimate of drug-likeness (QED) is 0.140. The summed E-state index contributed by atoms with van der Waals surface area (Å²) in [6.07, 6.45) is -0.420. The van der Waals surface area contributed by atoms with E-state index >= 15 is 0 Å². The molecule has 2 atom stereocenters. The molecule has 10 nitrogen and oxygen atoms in total. The van der Waals surface area contributed by atoms with E-state index in [1.165, 1.54) is 0 Å². The van der Waals surface area contributed by atoms with Gasteiger partial charge >= 0.3 is 59.1 Å². The molecule has 0 aliphatic rings. The first-order valence-corrected chi connectivity index (χ1v) is 10.3. The van der Waals surface area contributed by atoms with E-state index in [9.17, 15) is 23.7 Å². The fourth-order valence-corrected chi connectivity index (χ4v) is 3.22. The van der Waals surface area contributed by atoms with Crippen molar-refractivity contribution in [1.29, 1.82) is 0 Å². The van der Waals surface area contributed by atoms with Crippen LogP contribution in [0.25, 0.3) is 0 Å². The molecule has 0 aromatic heterocycles. The molecule has 132 valence electrons. The Morgan fingerprint density at radius 1 is 1.04 bits per heavy atom. The third-order valence-electron chi connectivity index (χ3n) is 2.40. The van der Waals surface area contributed by atoms with Crippen LogP contribution < -0.4 is 79.5 Å². The van der Waals surface area contributed by atoms with Crippen molar-refractivity contribution >= 4 is 21.1 Å². The third-order valence-corrected chi connectivity index (χ3v) is 3.92. The zero-order valence-corrected chi connectivity index (χ0v) is 20.2. The fourth-order valence-electron chi connectivity index (χ4n) is 1.65. The largest absolute Gasteiger partial charge is 1.00 e. The van der Waals surface area contributed by atoms with Gasteiger partial charge in [-0.2, -0.15) is 0 Å². The maximum absolute atomic E-state index is 11.6. The summed E-state index contributed by atoms with van der Waals surface area (Å²) in [6.45, 7) is 3.37. The molecule has 0 fully saturated rings. The molecular weight excluding hydrogens is 382 g/mol. The number of carbonyl (C=O) groups is 1. The predicted octanol–water partition coefficient (Wildman–Crippen LogP) is -8.19. The number of amides is 1. The van der Waals surface area contributed by atoms with E-state index in [0.717, 1.165) is 13.0 Å². The van der Waals surface area contributed by atoms with E-state index in [1.807, 2.05) is 6.92 Å². The van der Waals surface area contributed by atoms with Crippen LogP contribution in [-0.2, 0) is 13.9 Å². The van der Waals surface area contributed by atoms with E-state index in [2.05, 4.69) is 10.6 Å². The molecule has 0 aromatic carbocycles. The molecule has 0 rings (SSSR count). The zero-order chi connectivity index (χ0) is 17.2. The topological polar surface area (TPSA) is 165 Å². The molecule has 14 heteroatoms. The van der Waals surface area contributed by atoms with Gasteiger partial charge in [-0.1, -0.05) is 6.92 Å². The van der Waals surface area contributed by atoms with Crippen molar-refractivity contribution in [2.75, 3.05) is 38.8 Å². The Kier molecular flexibility index (Phi) is 19.9. The van der Waals surface area contributed by atoms with Gasteiger partial charge in [-0.15, -0.1) is 0 Å². The molecule has 0 saturated carbocycles. The van der Waals surface area contributed by atoms with Crippen molar-refractivity contribution in [2.45, 2.75) is 19.8 Å². The second kappa shape index (κ2) is 15.7. The Morgan fingerprint density at radius 3 is 1.96 bits per heavy atom. The monoisotopic (exact) mass is 405 g/mol. The summed E-state index contributed by atoms with van der Waals surface area (Å²) < 4.78 is 21.6. The van der Waals surface area contributed by atoms with Crippen LogP contribution in [0.1, 0.15) is 19.8 Å². The second-order valence-electron chi connectivity index (χ2n) is 4.84. The van der Waals surface area contributed by atoms with Crippen molar-refractivity contribution in [3.63, 3.8) is 0 Å². The average molecular weight is 405 g/mol. The van der Waals surface area contributed by atoms with Crippen LogP contribution in [0.4, 0.5) is 0 Å². The molecule has 4 N–H and O–H groups in total. The summed E-state index contributed by atoms with van der Waals surface area (Å²) >= 11 is 0. The normalized spacial score (nSPS) is 15.6. The SMILES string of the molecule is CCCNCCCNC(=O)CN(CP(=O)([O-])O)CP(=O)([O-])O.[Na+].[Na+]. The van der Waals surface area contributed by atoms with E-state index in [4.69, 9.17) is 9.79 Å². The van der Waals surface area contributed by atoms with Gasteiger partial charge < -0.3 is 39.3 Å². The number of carbonyl (C=O) groups excluding carboxylic acids is 1. The van der Waals surface area contributed by atoms with Gasteiger partial charge in [0.15, 0.2) is 0 Å². The van der Waals surface area contributed by atoms with E-state index in [0.29, 0.717) is 24.4 Å². The van der Waals surface area contributed by atoms with Gasteiger partial charge in [0.1, 0.15) is 15.2 Å². The Bertz CT molecular complexity index is 409. The first-order chi connectivity index (χ1) is 10.0. The van der Waals surface area contributed by atoms with Gasteiger partial charge in [0, 0.05) is 6.54 Å². The predicted molar refractivity (Wildman–Crippen MR) is 76.9 cm³/mol. The number of hydrogen-bond donors (Lipinski definition) is 4. The molecule has 0 saturated heterocycles. The van der Waals surface area contributed by atoms with Gasteiger partial charge in [0.2, 0.25) is 5.91 Å². The van der Waals surface area contributed by atoms with Crippen LogP contribution in [0.15, 0.2) is 0 Å². The maximum Gasteiger partial charge on any atom is 1.00 e. The summed E-state index contributed by atoms with van der Waals surface area (Å²) in [5.41, 5.74) is 0. The van der Waals surface area contributed by atoms with Gasteiger partial charge in [-0.25, -0.2) is 0 Å². The van der Waals surface area contributed by atoms with Gasteiger partial charge in [0.25, 0.3) is 0 Å². The van der Waals surface area contributed by atoms with Crippen LogP contribution in [0.3, 0.4) is 0 Å². The van der Waals surface area contributed by atoms with Crippen molar-refractivity contribution in [3.8, 4) is 0 Å². The number of nitrogens with one attached hydrogen (secondary N) is 2. The van der Waals surface area contributed by atoms with Gasteiger partial charge in [-0.05, 0) is 25.9 Å². The average Bonchev–Trinajstić information content (AvgIpc) is 2.29. The van der Waals surface area contributed by atoms with Crippen LogP contribution in [0, 0.1) is 0 Å². The summed E-state index contributed by atoms with van der Waals surface area (Å²) in [4.78, 5) is 51.3. The van der Waals surface area contributed by atoms with Gasteiger partial charge in [-0.3, -0.25) is 9.69 Å². The van der Waals surface area contributed by atoms with E-state index < -0.39 is 40.2 Å². The number of rotatable bonds is 12. The van der Waals surface area contributed by atoms with Crippen LogP contribution in [-0.4, -0.2) is 59.3 Å². The van der Waals surface area contributed by atoms with Gasteiger partial charge in [0.05, 0.1) is 19.1 Å². The first-order valence-electron chi connectivity index (χ1n) is 6.79. The molecule has 0 spiro atoms. The summed E-state index contributed by atoms with van der Waals surface area (Å²) in [7, 11) is -9.59. The smallest absolute Gasteiger partial charge is 0.778 e. The van der Waals surface area contributed by atoms with Crippen LogP contribution >= 0.6 is 15.2 Å². The van der Waals surface area contributed by atoms with Crippen LogP contribution in [0.5, 0.6) is 0 Å². The van der Waals surface area contributed by atoms with Crippen molar-refractivity contribution < 1.29 is 92.6 Å². The molecule has 2 unspecified atom stereocenters. The minimum atomic E-state index is -4.79.